The Hall–Kier alpha value is -3.73. The molecule has 0 aromatic heterocycles. The number of fused-ring (bicyclic) bond motifs is 1. The number of methoxy groups -OCH3 is 2. The van der Waals surface area contributed by atoms with Crippen LogP contribution in [0, 0.1) is 0 Å². The monoisotopic (exact) mass is 441 g/mol. The second-order valence-electron chi connectivity index (χ2n) is 8.37. The summed E-state index contributed by atoms with van der Waals surface area (Å²) in [6.45, 7) is 0.491. The number of nitrogens with one attached hydrogen (secondary N) is 1. The fourth-order valence-corrected chi connectivity index (χ4v) is 4.76. The van der Waals surface area contributed by atoms with Gasteiger partial charge in [-0.05, 0) is 47.7 Å². The molecule has 1 aliphatic carbocycles. The normalized spacial score (nSPS) is 17.0. The maximum atomic E-state index is 13.1. The minimum atomic E-state index is -0.191. The number of benzene rings is 3. The number of anilines is 1. The lowest BCUT2D eigenvalue weighted by atomic mass is 9.75. The van der Waals surface area contributed by atoms with E-state index in [9.17, 15) is 4.79 Å². The van der Waals surface area contributed by atoms with Gasteiger partial charge in [-0.15, -0.1) is 0 Å². The number of Topliss-reactive ketones (excluding diaryl/α,β-unsaturated/α-hetero) is 1. The van der Waals surface area contributed by atoms with Crippen LogP contribution in [0.4, 0.5) is 5.69 Å². The summed E-state index contributed by atoms with van der Waals surface area (Å²) in [5.41, 5.74) is 5.94. The Morgan fingerprint density at radius 3 is 2.48 bits per heavy atom. The lowest BCUT2D eigenvalue weighted by Gasteiger charge is -2.34. The third-order valence-corrected chi connectivity index (χ3v) is 6.34. The van der Waals surface area contributed by atoms with Crippen LogP contribution in [0.1, 0.15) is 41.9 Å². The molecule has 0 amide bonds. The highest BCUT2D eigenvalue weighted by Gasteiger charge is 2.36. The molecular weight excluding hydrogens is 414 g/mol. The molecule has 5 nitrogen and oxygen atoms in total. The summed E-state index contributed by atoms with van der Waals surface area (Å²) in [6, 6.07) is 22.1. The Kier molecular flexibility index (Phi) is 5.78. The largest absolute Gasteiger partial charge is 0.493 e. The van der Waals surface area contributed by atoms with E-state index < -0.39 is 0 Å². The van der Waals surface area contributed by atoms with Gasteiger partial charge in [0.25, 0.3) is 0 Å². The molecule has 168 valence electrons. The predicted octanol–water partition coefficient (Wildman–Crippen LogP) is 5.85. The number of allylic oxidation sites excluding steroid dienone is 2. The van der Waals surface area contributed by atoms with Crippen molar-refractivity contribution in [3.05, 3.63) is 94.7 Å². The molecule has 5 heteroatoms. The molecule has 5 rings (SSSR count). The van der Waals surface area contributed by atoms with E-state index in [4.69, 9.17) is 14.2 Å². The number of ketones is 1. The van der Waals surface area contributed by atoms with Crippen LogP contribution in [-0.4, -0.2) is 20.0 Å². The maximum Gasteiger partial charge on any atom is 0.162 e. The summed E-state index contributed by atoms with van der Waals surface area (Å²) in [4.78, 5) is 13.1. The number of ether oxygens (including phenoxy) is 3. The van der Waals surface area contributed by atoms with Crippen LogP contribution >= 0.6 is 0 Å². The van der Waals surface area contributed by atoms with Crippen molar-refractivity contribution in [1.82, 2.24) is 0 Å². The molecule has 0 saturated heterocycles. The van der Waals surface area contributed by atoms with Gasteiger partial charge in [0.2, 0.25) is 0 Å². The molecule has 0 bridgehead atoms. The number of carbonyl (C=O) groups is 1. The molecule has 1 aliphatic heterocycles. The minimum absolute atomic E-state index is 0.191. The quantitative estimate of drug-likeness (QED) is 0.520. The fraction of sp³-hybridized carbons (Fsp3) is 0.250. The van der Waals surface area contributed by atoms with Crippen LogP contribution in [-0.2, 0) is 11.4 Å². The highest BCUT2D eigenvalue weighted by atomic mass is 16.5. The summed E-state index contributed by atoms with van der Waals surface area (Å²) in [7, 11) is 3.26. The Morgan fingerprint density at radius 2 is 1.70 bits per heavy atom. The van der Waals surface area contributed by atoms with Crippen LogP contribution < -0.4 is 19.5 Å². The second kappa shape index (κ2) is 9.02. The molecule has 3 aromatic carbocycles. The van der Waals surface area contributed by atoms with Crippen LogP contribution in [0.2, 0.25) is 0 Å². The van der Waals surface area contributed by atoms with Crippen molar-refractivity contribution in [2.75, 3.05) is 19.5 Å². The third-order valence-electron chi connectivity index (χ3n) is 6.34. The molecule has 0 spiro atoms. The molecule has 0 saturated carbocycles. The maximum absolute atomic E-state index is 13.1. The van der Waals surface area contributed by atoms with E-state index >= 15 is 0 Å². The molecule has 3 aromatic rings. The number of rotatable bonds is 6. The van der Waals surface area contributed by atoms with Gasteiger partial charge in [0, 0.05) is 35.4 Å². The van der Waals surface area contributed by atoms with Crippen molar-refractivity contribution >= 4 is 11.5 Å². The Balaban J connectivity index is 1.57. The first-order chi connectivity index (χ1) is 16.2. The van der Waals surface area contributed by atoms with Gasteiger partial charge in [-0.3, -0.25) is 4.79 Å². The smallest absolute Gasteiger partial charge is 0.162 e. The zero-order valence-corrected chi connectivity index (χ0v) is 18.9. The van der Waals surface area contributed by atoms with E-state index in [1.807, 2.05) is 60.7 Å². The van der Waals surface area contributed by atoms with E-state index in [1.165, 1.54) is 0 Å². The molecule has 0 unspecified atom stereocenters. The lowest BCUT2D eigenvalue weighted by molar-refractivity contribution is -0.116. The summed E-state index contributed by atoms with van der Waals surface area (Å²) in [6.07, 6.45) is 2.29. The number of hydrogen-bond donors (Lipinski definition) is 1. The molecule has 1 heterocycles. The van der Waals surface area contributed by atoms with Gasteiger partial charge in [0.05, 0.1) is 14.2 Å². The van der Waals surface area contributed by atoms with Gasteiger partial charge in [-0.2, -0.15) is 0 Å². The summed E-state index contributed by atoms with van der Waals surface area (Å²) in [5, 5.41) is 3.51. The number of carbonyl (C=O) groups excluding carboxylic acids is 1. The van der Waals surface area contributed by atoms with Crippen molar-refractivity contribution in [3.63, 3.8) is 0 Å². The molecule has 33 heavy (non-hydrogen) atoms. The molecule has 1 atom stereocenters. The zero-order chi connectivity index (χ0) is 22.8. The Morgan fingerprint density at radius 1 is 0.909 bits per heavy atom. The molecular formula is C28H27NO4. The van der Waals surface area contributed by atoms with Gasteiger partial charge in [0.1, 0.15) is 12.4 Å². The first kappa shape index (κ1) is 21.1. The molecule has 0 fully saturated rings. The average Bonchev–Trinajstić information content (AvgIpc) is 2.86. The van der Waals surface area contributed by atoms with Gasteiger partial charge < -0.3 is 19.5 Å². The Labute approximate surface area is 194 Å². The molecule has 0 radical (unpaired) electrons. The van der Waals surface area contributed by atoms with Crippen LogP contribution in [0.5, 0.6) is 17.2 Å². The zero-order valence-electron chi connectivity index (χ0n) is 18.9. The van der Waals surface area contributed by atoms with Crippen molar-refractivity contribution in [1.29, 1.82) is 0 Å². The summed E-state index contributed by atoms with van der Waals surface area (Å²) in [5.74, 6) is 2.09. The third kappa shape index (κ3) is 4.07. The standard InChI is InChI=1S/C28H27NO4/c1-31-25-15-21-23(16-26(25)32-2)29-22-12-7-13-24(30)28(22)27(21)19-10-6-11-20(14-19)33-17-18-8-4-3-5-9-18/h3-6,8-11,14-16,27,29H,7,12-13,17H2,1-2H3/t27-/m1/s1. The highest BCUT2D eigenvalue weighted by molar-refractivity contribution is 6.01. The summed E-state index contributed by atoms with van der Waals surface area (Å²) < 4.78 is 17.2. The van der Waals surface area contributed by atoms with Crippen molar-refractivity contribution in [2.45, 2.75) is 31.8 Å². The fourth-order valence-electron chi connectivity index (χ4n) is 4.76. The van der Waals surface area contributed by atoms with Crippen molar-refractivity contribution < 1.29 is 19.0 Å². The minimum Gasteiger partial charge on any atom is -0.493 e. The van der Waals surface area contributed by atoms with Crippen LogP contribution in [0.15, 0.2) is 78.0 Å². The first-order valence-corrected chi connectivity index (χ1v) is 11.2. The van der Waals surface area contributed by atoms with Crippen LogP contribution in [0.25, 0.3) is 0 Å². The van der Waals surface area contributed by atoms with E-state index in [0.29, 0.717) is 24.5 Å². The summed E-state index contributed by atoms with van der Waals surface area (Å²) >= 11 is 0. The average molecular weight is 442 g/mol. The highest BCUT2D eigenvalue weighted by Crippen LogP contribution is 2.48. The first-order valence-electron chi connectivity index (χ1n) is 11.2. The van der Waals surface area contributed by atoms with E-state index in [-0.39, 0.29) is 11.7 Å². The predicted molar refractivity (Wildman–Crippen MR) is 128 cm³/mol. The molecule has 1 N–H and O–H groups in total. The van der Waals surface area contributed by atoms with Gasteiger partial charge in [-0.1, -0.05) is 42.5 Å². The SMILES string of the molecule is COc1cc2c(cc1OC)[C@@H](c1cccc(OCc3ccccc3)c1)C1=C(CCCC1=O)N2. The van der Waals surface area contributed by atoms with Crippen molar-refractivity contribution in [3.8, 4) is 17.2 Å². The lowest BCUT2D eigenvalue weighted by Crippen LogP contribution is -2.27. The van der Waals surface area contributed by atoms with Gasteiger partial charge in [0.15, 0.2) is 17.3 Å². The molecule has 2 aliphatic rings. The number of hydrogen-bond acceptors (Lipinski definition) is 5. The second-order valence-corrected chi connectivity index (χ2v) is 8.37. The van der Waals surface area contributed by atoms with Gasteiger partial charge in [-0.25, -0.2) is 0 Å². The van der Waals surface area contributed by atoms with Crippen LogP contribution in [0.3, 0.4) is 0 Å². The Bertz CT molecular complexity index is 1220. The van der Waals surface area contributed by atoms with E-state index in [0.717, 1.165) is 52.2 Å². The van der Waals surface area contributed by atoms with Crippen molar-refractivity contribution in [2.24, 2.45) is 0 Å². The van der Waals surface area contributed by atoms with E-state index in [2.05, 4.69) is 11.4 Å². The topological polar surface area (TPSA) is 56.8 Å². The van der Waals surface area contributed by atoms with Gasteiger partial charge >= 0.3 is 0 Å². The van der Waals surface area contributed by atoms with E-state index in [1.54, 1.807) is 14.2 Å².